The van der Waals surface area contributed by atoms with Crippen molar-refractivity contribution in [3.05, 3.63) is 52.0 Å². The summed E-state index contributed by atoms with van der Waals surface area (Å²) in [6, 6.07) is 7.90. The fraction of sp³-hybridized carbons (Fsp3) is 0.267. The summed E-state index contributed by atoms with van der Waals surface area (Å²) in [5, 5.41) is 2.01. The lowest BCUT2D eigenvalue weighted by Crippen LogP contribution is -2.36. The van der Waals surface area contributed by atoms with Gasteiger partial charge in [0.2, 0.25) is 0 Å². The van der Waals surface area contributed by atoms with Crippen molar-refractivity contribution in [3.8, 4) is 0 Å². The second kappa shape index (κ2) is 6.05. The van der Waals surface area contributed by atoms with E-state index in [9.17, 15) is 9.18 Å². The molecule has 3 nitrogen and oxygen atoms in total. The van der Waals surface area contributed by atoms with Gasteiger partial charge in [-0.3, -0.25) is 4.79 Å². The third-order valence-corrected chi connectivity index (χ3v) is 4.20. The van der Waals surface area contributed by atoms with Gasteiger partial charge in [0.25, 0.3) is 5.91 Å². The van der Waals surface area contributed by atoms with E-state index in [0.717, 1.165) is 6.42 Å². The van der Waals surface area contributed by atoms with Crippen LogP contribution in [-0.2, 0) is 6.42 Å². The van der Waals surface area contributed by atoms with Gasteiger partial charge in [-0.2, -0.15) is 0 Å². The summed E-state index contributed by atoms with van der Waals surface area (Å²) < 4.78 is 13.3. The van der Waals surface area contributed by atoms with E-state index in [1.807, 2.05) is 24.4 Å². The molecule has 2 aromatic rings. The van der Waals surface area contributed by atoms with E-state index in [0.29, 0.717) is 5.69 Å². The van der Waals surface area contributed by atoms with Crippen LogP contribution < -0.4 is 5.73 Å². The van der Waals surface area contributed by atoms with Crippen LogP contribution in [0.25, 0.3) is 0 Å². The molecule has 1 aromatic heterocycles. The number of nitrogens with two attached hydrogens (primary N) is 1. The lowest BCUT2D eigenvalue weighted by Gasteiger charge is -2.25. The number of benzene rings is 1. The Kier molecular flexibility index (Phi) is 4.39. The molecule has 0 bridgehead atoms. The molecule has 0 aliphatic heterocycles. The van der Waals surface area contributed by atoms with Crippen LogP contribution in [0.3, 0.4) is 0 Å². The molecule has 20 heavy (non-hydrogen) atoms. The summed E-state index contributed by atoms with van der Waals surface area (Å²) in [5.74, 6) is -0.715. The van der Waals surface area contributed by atoms with Gasteiger partial charge in [-0.1, -0.05) is 6.07 Å². The van der Waals surface area contributed by atoms with Gasteiger partial charge in [-0.15, -0.1) is 11.3 Å². The Balaban J connectivity index is 2.13. The number of carbonyl (C=O) groups is 1. The predicted molar refractivity (Wildman–Crippen MR) is 80.4 cm³/mol. The van der Waals surface area contributed by atoms with Gasteiger partial charge in [0.15, 0.2) is 0 Å². The van der Waals surface area contributed by atoms with Gasteiger partial charge >= 0.3 is 0 Å². The third-order valence-electron chi connectivity index (χ3n) is 3.30. The second-order valence-corrected chi connectivity index (χ2v) is 5.81. The highest BCUT2D eigenvalue weighted by atomic mass is 32.1. The molecule has 1 aromatic carbocycles. The number of likely N-dealkylation sites (N-methyl/N-ethyl adjacent to an activating group) is 1. The first-order valence-electron chi connectivity index (χ1n) is 6.33. The zero-order chi connectivity index (χ0) is 14.7. The summed E-state index contributed by atoms with van der Waals surface area (Å²) >= 11 is 1.66. The molecule has 0 saturated carbocycles. The first kappa shape index (κ1) is 14.5. The SMILES string of the molecule is CC(Cc1cccs1)N(C)C(=O)c1cc(F)ccc1N. The number of hydrogen-bond acceptors (Lipinski definition) is 3. The zero-order valence-corrected chi connectivity index (χ0v) is 12.3. The Morgan fingerprint density at radius 2 is 2.20 bits per heavy atom. The molecule has 0 aliphatic carbocycles. The highest BCUT2D eigenvalue weighted by Crippen LogP contribution is 2.19. The van der Waals surface area contributed by atoms with Crippen LogP contribution >= 0.6 is 11.3 Å². The van der Waals surface area contributed by atoms with Crippen molar-refractivity contribution in [1.82, 2.24) is 4.90 Å². The van der Waals surface area contributed by atoms with Crippen molar-refractivity contribution in [1.29, 1.82) is 0 Å². The zero-order valence-electron chi connectivity index (χ0n) is 11.5. The van der Waals surface area contributed by atoms with E-state index in [1.54, 1.807) is 23.3 Å². The summed E-state index contributed by atoms with van der Waals surface area (Å²) in [5.41, 5.74) is 6.26. The number of nitrogen functional groups attached to an aromatic ring is 1. The van der Waals surface area contributed by atoms with Crippen molar-refractivity contribution in [2.75, 3.05) is 12.8 Å². The number of thiophene rings is 1. The van der Waals surface area contributed by atoms with Gasteiger partial charge in [0.1, 0.15) is 5.82 Å². The maximum atomic E-state index is 13.3. The molecule has 1 unspecified atom stereocenters. The van der Waals surface area contributed by atoms with E-state index in [2.05, 4.69) is 0 Å². The van der Waals surface area contributed by atoms with Crippen molar-refractivity contribution < 1.29 is 9.18 Å². The number of rotatable bonds is 4. The number of amides is 1. The standard InChI is InChI=1S/C15H17FN2OS/c1-10(8-12-4-3-7-20-12)18(2)15(19)13-9-11(16)5-6-14(13)17/h3-7,9-10H,8,17H2,1-2H3. The summed E-state index contributed by atoms with van der Waals surface area (Å²) in [7, 11) is 1.71. The molecular weight excluding hydrogens is 275 g/mol. The first-order chi connectivity index (χ1) is 9.49. The molecular formula is C15H17FN2OS. The average molecular weight is 292 g/mol. The molecule has 0 fully saturated rings. The van der Waals surface area contributed by atoms with Crippen LogP contribution in [0, 0.1) is 5.82 Å². The Morgan fingerprint density at radius 1 is 1.45 bits per heavy atom. The topological polar surface area (TPSA) is 46.3 Å². The molecule has 1 atom stereocenters. The minimum absolute atomic E-state index is 0.0174. The molecule has 1 heterocycles. The van der Waals surface area contributed by atoms with Crippen LogP contribution in [0.1, 0.15) is 22.2 Å². The average Bonchev–Trinajstić information content (AvgIpc) is 2.92. The Labute approximate surface area is 121 Å². The summed E-state index contributed by atoms with van der Waals surface area (Å²) in [6.45, 7) is 1.97. The van der Waals surface area contributed by atoms with Crippen molar-refractivity contribution >= 4 is 22.9 Å². The van der Waals surface area contributed by atoms with Gasteiger partial charge in [0, 0.05) is 30.1 Å². The predicted octanol–water partition coefficient (Wildman–Crippen LogP) is 3.17. The number of anilines is 1. The molecule has 106 valence electrons. The maximum absolute atomic E-state index is 13.3. The third kappa shape index (κ3) is 3.17. The summed E-state index contributed by atoms with van der Waals surface area (Å²) in [4.78, 5) is 15.2. The summed E-state index contributed by atoms with van der Waals surface area (Å²) in [6.07, 6.45) is 0.773. The Bertz CT molecular complexity index is 598. The molecule has 0 radical (unpaired) electrons. The molecule has 0 saturated heterocycles. The Morgan fingerprint density at radius 3 is 2.85 bits per heavy atom. The van der Waals surface area contributed by atoms with Crippen LogP contribution in [0.4, 0.5) is 10.1 Å². The van der Waals surface area contributed by atoms with E-state index in [1.165, 1.54) is 23.1 Å². The van der Waals surface area contributed by atoms with Crippen molar-refractivity contribution in [2.24, 2.45) is 0 Å². The highest BCUT2D eigenvalue weighted by molar-refractivity contribution is 7.09. The van der Waals surface area contributed by atoms with Crippen LogP contribution in [0.5, 0.6) is 0 Å². The first-order valence-corrected chi connectivity index (χ1v) is 7.21. The number of hydrogen-bond donors (Lipinski definition) is 1. The van der Waals surface area contributed by atoms with E-state index < -0.39 is 5.82 Å². The second-order valence-electron chi connectivity index (χ2n) is 4.78. The van der Waals surface area contributed by atoms with Crippen molar-refractivity contribution in [2.45, 2.75) is 19.4 Å². The number of carbonyl (C=O) groups excluding carboxylic acids is 1. The largest absolute Gasteiger partial charge is 0.398 e. The van der Waals surface area contributed by atoms with Gasteiger partial charge in [-0.05, 0) is 36.6 Å². The van der Waals surface area contributed by atoms with Crippen LogP contribution in [0.2, 0.25) is 0 Å². The monoisotopic (exact) mass is 292 g/mol. The van der Waals surface area contributed by atoms with Crippen molar-refractivity contribution in [3.63, 3.8) is 0 Å². The number of halogens is 1. The molecule has 5 heteroatoms. The lowest BCUT2D eigenvalue weighted by atomic mass is 10.1. The minimum Gasteiger partial charge on any atom is -0.398 e. The Hall–Kier alpha value is -1.88. The van der Waals surface area contributed by atoms with E-state index in [-0.39, 0.29) is 17.5 Å². The van der Waals surface area contributed by atoms with Gasteiger partial charge in [0.05, 0.1) is 5.56 Å². The lowest BCUT2D eigenvalue weighted by molar-refractivity contribution is 0.0744. The minimum atomic E-state index is -0.457. The molecule has 1 amide bonds. The molecule has 2 N–H and O–H groups in total. The van der Waals surface area contributed by atoms with Crippen LogP contribution in [0.15, 0.2) is 35.7 Å². The quantitative estimate of drug-likeness (QED) is 0.880. The fourth-order valence-corrected chi connectivity index (χ4v) is 2.79. The van der Waals surface area contributed by atoms with Gasteiger partial charge in [-0.25, -0.2) is 4.39 Å². The molecule has 0 spiro atoms. The van der Waals surface area contributed by atoms with Crippen LogP contribution in [-0.4, -0.2) is 23.9 Å². The van der Waals surface area contributed by atoms with Gasteiger partial charge < -0.3 is 10.6 Å². The highest BCUT2D eigenvalue weighted by Gasteiger charge is 2.20. The van der Waals surface area contributed by atoms with E-state index >= 15 is 0 Å². The van der Waals surface area contributed by atoms with E-state index in [4.69, 9.17) is 5.73 Å². The smallest absolute Gasteiger partial charge is 0.256 e. The fourth-order valence-electron chi connectivity index (χ4n) is 1.96. The molecule has 2 rings (SSSR count). The number of nitrogens with zero attached hydrogens (tertiary/aromatic N) is 1. The normalized spacial score (nSPS) is 12.2. The maximum Gasteiger partial charge on any atom is 0.256 e. The molecule has 0 aliphatic rings.